The molecule has 1 heterocycles. The van der Waals surface area contributed by atoms with E-state index in [1.807, 2.05) is 0 Å². The van der Waals surface area contributed by atoms with Gasteiger partial charge in [0.1, 0.15) is 0 Å². The molecule has 1 saturated carbocycles. The Kier molecular flexibility index (Phi) is 4.84. The third-order valence-corrected chi connectivity index (χ3v) is 6.11. The molecule has 2 rings (SSSR count). The summed E-state index contributed by atoms with van der Waals surface area (Å²) in [6.45, 7) is 3.07. The van der Waals surface area contributed by atoms with Gasteiger partial charge in [-0.25, -0.2) is 0 Å². The lowest BCUT2D eigenvalue weighted by atomic mass is 9.79. The molecule has 1 N–H and O–H groups in total. The normalized spacial score (nSPS) is 42.1. The molecule has 0 aromatic heterocycles. The van der Waals surface area contributed by atoms with Crippen LogP contribution < -0.4 is 0 Å². The van der Waals surface area contributed by atoms with Crippen molar-refractivity contribution in [2.24, 2.45) is 5.92 Å². The van der Waals surface area contributed by atoms with Gasteiger partial charge in [-0.05, 0) is 51.5 Å². The van der Waals surface area contributed by atoms with E-state index >= 15 is 0 Å². The molecule has 18 heavy (non-hydrogen) atoms. The minimum Gasteiger partial charge on any atom is -0.389 e. The standard InChI is InChI=1S/C14H27NO2S/c1-12-3-7-14(16,8-4-12)11-15(2)13-5-9-18(17)10-6-13/h12-13,16H,3-11H2,1-2H3. The summed E-state index contributed by atoms with van der Waals surface area (Å²) < 4.78 is 11.4. The van der Waals surface area contributed by atoms with Crippen LogP contribution in [0.5, 0.6) is 0 Å². The van der Waals surface area contributed by atoms with Crippen molar-refractivity contribution in [2.75, 3.05) is 25.1 Å². The molecule has 2 aliphatic rings. The fourth-order valence-corrected chi connectivity index (χ4v) is 4.55. The Morgan fingerprint density at radius 3 is 2.33 bits per heavy atom. The van der Waals surface area contributed by atoms with Crippen LogP contribution in [0.4, 0.5) is 0 Å². The monoisotopic (exact) mass is 273 g/mol. The maximum atomic E-state index is 11.4. The molecule has 0 amide bonds. The molecule has 0 aromatic carbocycles. The summed E-state index contributed by atoms with van der Waals surface area (Å²) in [6.07, 6.45) is 6.23. The molecule has 1 aliphatic heterocycles. The smallest absolute Gasteiger partial charge is 0.0774 e. The highest BCUT2D eigenvalue weighted by Crippen LogP contribution is 2.33. The fourth-order valence-electron chi connectivity index (χ4n) is 3.27. The van der Waals surface area contributed by atoms with Gasteiger partial charge in [0.15, 0.2) is 0 Å². The van der Waals surface area contributed by atoms with Crippen LogP contribution in [0.15, 0.2) is 0 Å². The predicted octanol–water partition coefficient (Wildman–Crippen LogP) is 1.77. The molecule has 106 valence electrons. The predicted molar refractivity (Wildman–Crippen MR) is 76.1 cm³/mol. The van der Waals surface area contributed by atoms with Crippen LogP contribution in [-0.4, -0.2) is 51.0 Å². The summed E-state index contributed by atoms with van der Waals surface area (Å²) in [6, 6.07) is 0.520. The van der Waals surface area contributed by atoms with Gasteiger partial charge in [-0.3, -0.25) is 4.21 Å². The van der Waals surface area contributed by atoms with Gasteiger partial charge in [0.2, 0.25) is 0 Å². The first-order valence-corrected chi connectivity index (χ1v) is 8.75. The summed E-state index contributed by atoms with van der Waals surface area (Å²) in [5, 5.41) is 10.6. The molecule has 0 aromatic rings. The lowest BCUT2D eigenvalue weighted by Crippen LogP contribution is -2.48. The van der Waals surface area contributed by atoms with Crippen LogP contribution in [0.3, 0.4) is 0 Å². The van der Waals surface area contributed by atoms with Crippen molar-refractivity contribution in [1.29, 1.82) is 0 Å². The molecule has 0 spiro atoms. The van der Waals surface area contributed by atoms with E-state index in [1.165, 1.54) is 0 Å². The van der Waals surface area contributed by atoms with Gasteiger partial charge in [0, 0.05) is 34.9 Å². The molecule has 2 fully saturated rings. The number of nitrogens with zero attached hydrogens (tertiary/aromatic N) is 1. The van der Waals surface area contributed by atoms with Crippen molar-refractivity contribution in [3.05, 3.63) is 0 Å². The van der Waals surface area contributed by atoms with Gasteiger partial charge in [-0.1, -0.05) is 6.92 Å². The summed E-state index contributed by atoms with van der Waals surface area (Å²) in [5.74, 6) is 2.45. The largest absolute Gasteiger partial charge is 0.389 e. The van der Waals surface area contributed by atoms with E-state index in [9.17, 15) is 9.32 Å². The Hall–Kier alpha value is 0.0700. The SMILES string of the molecule is CC1CCC(O)(CN(C)C2CCS(=O)CC2)CC1. The van der Waals surface area contributed by atoms with Crippen LogP contribution in [-0.2, 0) is 10.8 Å². The highest BCUT2D eigenvalue weighted by molar-refractivity contribution is 7.85. The topological polar surface area (TPSA) is 40.5 Å². The number of hydrogen-bond donors (Lipinski definition) is 1. The molecular weight excluding hydrogens is 246 g/mol. The second kappa shape index (κ2) is 6.02. The number of hydrogen-bond acceptors (Lipinski definition) is 3. The Morgan fingerprint density at radius 2 is 1.78 bits per heavy atom. The number of rotatable bonds is 3. The molecular formula is C14H27NO2S. The molecule has 0 unspecified atom stereocenters. The van der Waals surface area contributed by atoms with E-state index in [2.05, 4.69) is 18.9 Å². The van der Waals surface area contributed by atoms with Crippen molar-refractivity contribution >= 4 is 10.8 Å². The molecule has 1 saturated heterocycles. The third kappa shape index (κ3) is 3.78. The zero-order valence-corrected chi connectivity index (χ0v) is 12.5. The lowest BCUT2D eigenvalue weighted by molar-refractivity contribution is -0.0384. The van der Waals surface area contributed by atoms with Crippen LogP contribution in [0.2, 0.25) is 0 Å². The van der Waals surface area contributed by atoms with Crippen LogP contribution >= 0.6 is 0 Å². The Balaban J connectivity index is 1.83. The van der Waals surface area contributed by atoms with Crippen LogP contribution in [0.1, 0.15) is 45.4 Å². The van der Waals surface area contributed by atoms with E-state index < -0.39 is 16.4 Å². The van der Waals surface area contributed by atoms with Crippen molar-refractivity contribution in [2.45, 2.75) is 57.1 Å². The first kappa shape index (κ1) is 14.5. The first-order valence-electron chi connectivity index (χ1n) is 7.26. The van der Waals surface area contributed by atoms with Gasteiger partial charge in [-0.15, -0.1) is 0 Å². The maximum absolute atomic E-state index is 11.4. The summed E-state index contributed by atoms with van der Waals surface area (Å²) >= 11 is 0. The third-order valence-electron chi connectivity index (χ3n) is 4.73. The molecule has 0 atom stereocenters. The Labute approximate surface area is 113 Å². The zero-order valence-electron chi connectivity index (χ0n) is 11.7. The van der Waals surface area contributed by atoms with Crippen molar-refractivity contribution in [3.63, 3.8) is 0 Å². The zero-order chi connectivity index (χ0) is 13.2. The first-order chi connectivity index (χ1) is 8.48. The second-order valence-corrected chi connectivity index (χ2v) is 8.10. The summed E-state index contributed by atoms with van der Waals surface area (Å²) in [7, 11) is 1.53. The van der Waals surface area contributed by atoms with E-state index in [4.69, 9.17) is 0 Å². The Bertz CT molecular complexity index is 290. The minimum atomic E-state index is -0.589. The van der Waals surface area contributed by atoms with Crippen LogP contribution in [0, 0.1) is 5.92 Å². The van der Waals surface area contributed by atoms with Gasteiger partial charge in [-0.2, -0.15) is 0 Å². The number of aliphatic hydroxyl groups is 1. The minimum absolute atomic E-state index is 0.474. The molecule has 1 aliphatic carbocycles. The molecule has 0 bridgehead atoms. The van der Waals surface area contributed by atoms with E-state index in [0.29, 0.717) is 6.04 Å². The molecule has 0 radical (unpaired) electrons. The molecule has 4 heteroatoms. The Morgan fingerprint density at radius 1 is 1.22 bits per heavy atom. The van der Waals surface area contributed by atoms with Crippen molar-refractivity contribution in [3.8, 4) is 0 Å². The second-order valence-electron chi connectivity index (χ2n) is 6.40. The summed E-state index contributed by atoms with van der Waals surface area (Å²) in [5.41, 5.74) is -0.474. The quantitative estimate of drug-likeness (QED) is 0.852. The molecule has 3 nitrogen and oxygen atoms in total. The van der Waals surface area contributed by atoms with Crippen molar-refractivity contribution < 1.29 is 9.32 Å². The number of likely N-dealkylation sites (N-methyl/N-ethyl adjacent to an activating group) is 1. The van der Waals surface area contributed by atoms with Gasteiger partial charge >= 0.3 is 0 Å². The fraction of sp³-hybridized carbons (Fsp3) is 1.00. The lowest BCUT2D eigenvalue weighted by Gasteiger charge is -2.41. The van der Waals surface area contributed by atoms with E-state index in [0.717, 1.165) is 62.5 Å². The average molecular weight is 273 g/mol. The maximum Gasteiger partial charge on any atom is 0.0774 e. The van der Waals surface area contributed by atoms with Crippen molar-refractivity contribution in [1.82, 2.24) is 4.90 Å². The van der Waals surface area contributed by atoms with E-state index in [-0.39, 0.29) is 0 Å². The van der Waals surface area contributed by atoms with Crippen LogP contribution in [0.25, 0.3) is 0 Å². The summed E-state index contributed by atoms with van der Waals surface area (Å²) in [4.78, 5) is 2.31. The van der Waals surface area contributed by atoms with Gasteiger partial charge in [0.25, 0.3) is 0 Å². The van der Waals surface area contributed by atoms with Gasteiger partial charge < -0.3 is 10.0 Å². The highest BCUT2D eigenvalue weighted by Gasteiger charge is 2.34. The average Bonchev–Trinajstić information content (AvgIpc) is 2.34. The van der Waals surface area contributed by atoms with E-state index in [1.54, 1.807) is 0 Å². The highest BCUT2D eigenvalue weighted by atomic mass is 32.2. The van der Waals surface area contributed by atoms with Gasteiger partial charge in [0.05, 0.1) is 5.60 Å².